The molecule has 1 amide bonds. The largest absolute Gasteiger partial charge is 0.326 e. The molecule has 0 fully saturated rings. The summed E-state index contributed by atoms with van der Waals surface area (Å²) in [5.41, 5.74) is 3.24. The predicted molar refractivity (Wildman–Crippen MR) is 92.6 cm³/mol. The number of nitrogens with one attached hydrogen (secondary N) is 1. The van der Waals surface area contributed by atoms with Crippen molar-refractivity contribution in [2.45, 2.75) is 24.7 Å². The van der Waals surface area contributed by atoms with Crippen LogP contribution in [0.3, 0.4) is 0 Å². The maximum atomic E-state index is 13.2. The smallest absolute Gasteiger partial charge is 0.264 e. The SMILES string of the molecule is CC1Cc2ccccc2N(S(=O)(=O)c2ccc3c(c2)CC(=O)N3)C1. The Hall–Kier alpha value is -2.34. The van der Waals surface area contributed by atoms with Crippen molar-refractivity contribution in [2.24, 2.45) is 5.92 Å². The van der Waals surface area contributed by atoms with Crippen molar-refractivity contribution in [2.75, 3.05) is 16.2 Å². The molecule has 0 saturated carbocycles. The lowest BCUT2D eigenvalue weighted by atomic mass is 9.96. The molecule has 2 aliphatic heterocycles. The highest BCUT2D eigenvalue weighted by Gasteiger charge is 2.32. The van der Waals surface area contributed by atoms with Crippen LogP contribution in [0.15, 0.2) is 47.4 Å². The second-order valence-corrected chi connectivity index (χ2v) is 8.38. The van der Waals surface area contributed by atoms with Gasteiger partial charge in [0.05, 0.1) is 17.0 Å². The van der Waals surface area contributed by atoms with Gasteiger partial charge in [-0.25, -0.2) is 8.42 Å². The van der Waals surface area contributed by atoms with Gasteiger partial charge in [0.1, 0.15) is 0 Å². The minimum atomic E-state index is -3.65. The molecular formula is C18H18N2O3S. The number of fused-ring (bicyclic) bond motifs is 2. The van der Waals surface area contributed by atoms with Crippen molar-refractivity contribution < 1.29 is 13.2 Å². The number of para-hydroxylation sites is 1. The fourth-order valence-corrected chi connectivity index (χ4v) is 5.14. The maximum Gasteiger partial charge on any atom is 0.264 e. The standard InChI is InChI=1S/C18H18N2O3S/c1-12-8-13-4-2-3-5-17(13)20(11-12)24(22,23)15-6-7-16-14(9-15)10-18(21)19-16/h2-7,9,12H,8,10-11H2,1H3,(H,19,21). The number of benzene rings is 2. The second-order valence-electron chi connectivity index (χ2n) is 6.52. The summed E-state index contributed by atoms with van der Waals surface area (Å²) in [6.45, 7) is 2.53. The van der Waals surface area contributed by atoms with Gasteiger partial charge in [-0.1, -0.05) is 25.1 Å². The Balaban J connectivity index is 1.79. The number of amides is 1. The number of nitrogens with zero attached hydrogens (tertiary/aromatic N) is 1. The Bertz CT molecular complexity index is 937. The number of carbonyl (C=O) groups is 1. The van der Waals surface area contributed by atoms with Gasteiger partial charge in [0.25, 0.3) is 10.0 Å². The maximum absolute atomic E-state index is 13.2. The summed E-state index contributed by atoms with van der Waals surface area (Å²) in [5.74, 6) is 0.156. The summed E-state index contributed by atoms with van der Waals surface area (Å²) >= 11 is 0. The zero-order chi connectivity index (χ0) is 16.9. The molecule has 0 bridgehead atoms. The van der Waals surface area contributed by atoms with E-state index in [-0.39, 0.29) is 23.1 Å². The molecule has 6 heteroatoms. The van der Waals surface area contributed by atoms with Crippen LogP contribution in [0.5, 0.6) is 0 Å². The average molecular weight is 342 g/mol. The molecule has 2 aromatic rings. The van der Waals surface area contributed by atoms with Gasteiger partial charge in [-0.05, 0) is 47.7 Å². The normalized spacial score (nSPS) is 19.6. The topological polar surface area (TPSA) is 66.5 Å². The lowest BCUT2D eigenvalue weighted by molar-refractivity contribution is -0.115. The molecule has 0 radical (unpaired) electrons. The zero-order valence-corrected chi connectivity index (χ0v) is 14.1. The number of carbonyl (C=O) groups excluding carboxylic acids is 1. The third kappa shape index (κ3) is 2.38. The van der Waals surface area contributed by atoms with Crippen LogP contribution in [-0.2, 0) is 27.7 Å². The van der Waals surface area contributed by atoms with Crippen LogP contribution in [0.1, 0.15) is 18.1 Å². The Morgan fingerprint density at radius 1 is 1.12 bits per heavy atom. The number of hydrogen-bond acceptors (Lipinski definition) is 3. The third-order valence-corrected chi connectivity index (χ3v) is 6.37. The van der Waals surface area contributed by atoms with Gasteiger partial charge >= 0.3 is 0 Å². The molecule has 0 aromatic heterocycles. The molecule has 0 aliphatic carbocycles. The highest BCUT2D eigenvalue weighted by molar-refractivity contribution is 7.92. The zero-order valence-electron chi connectivity index (χ0n) is 13.3. The van der Waals surface area contributed by atoms with Gasteiger partial charge in [0, 0.05) is 12.2 Å². The van der Waals surface area contributed by atoms with E-state index in [0.29, 0.717) is 12.2 Å². The van der Waals surface area contributed by atoms with Crippen LogP contribution in [0.4, 0.5) is 11.4 Å². The van der Waals surface area contributed by atoms with E-state index < -0.39 is 10.0 Å². The monoisotopic (exact) mass is 342 g/mol. The Labute approximate surface area is 141 Å². The van der Waals surface area contributed by atoms with Crippen molar-refractivity contribution in [3.8, 4) is 0 Å². The van der Waals surface area contributed by atoms with Gasteiger partial charge in [-0.15, -0.1) is 0 Å². The number of sulfonamides is 1. The van der Waals surface area contributed by atoms with Gasteiger partial charge in [-0.3, -0.25) is 9.10 Å². The lowest BCUT2D eigenvalue weighted by Crippen LogP contribution is -2.39. The molecular weight excluding hydrogens is 324 g/mol. The van der Waals surface area contributed by atoms with Crippen LogP contribution in [0.25, 0.3) is 0 Å². The molecule has 5 nitrogen and oxygen atoms in total. The van der Waals surface area contributed by atoms with Gasteiger partial charge in [0.2, 0.25) is 5.91 Å². The van der Waals surface area contributed by atoms with E-state index in [9.17, 15) is 13.2 Å². The summed E-state index contributed by atoms with van der Waals surface area (Å²) in [5, 5.41) is 2.73. The van der Waals surface area contributed by atoms with Crippen molar-refractivity contribution in [3.63, 3.8) is 0 Å². The van der Waals surface area contributed by atoms with Crippen molar-refractivity contribution in [3.05, 3.63) is 53.6 Å². The molecule has 124 valence electrons. The van der Waals surface area contributed by atoms with Gasteiger partial charge < -0.3 is 5.32 Å². The molecule has 1 N–H and O–H groups in total. The van der Waals surface area contributed by atoms with Crippen molar-refractivity contribution in [1.29, 1.82) is 0 Å². The quantitative estimate of drug-likeness (QED) is 0.912. The highest BCUT2D eigenvalue weighted by atomic mass is 32.2. The predicted octanol–water partition coefficient (Wildman–Crippen LogP) is 2.57. The fraction of sp³-hybridized carbons (Fsp3) is 0.278. The van der Waals surface area contributed by atoms with E-state index in [0.717, 1.165) is 23.2 Å². The van der Waals surface area contributed by atoms with Crippen molar-refractivity contribution >= 4 is 27.3 Å². The highest BCUT2D eigenvalue weighted by Crippen LogP contribution is 2.35. The van der Waals surface area contributed by atoms with Crippen LogP contribution < -0.4 is 9.62 Å². The minimum Gasteiger partial charge on any atom is -0.326 e. The minimum absolute atomic E-state index is 0.100. The van der Waals surface area contributed by atoms with Crippen LogP contribution in [-0.4, -0.2) is 20.9 Å². The first kappa shape index (κ1) is 15.2. The Kier molecular flexibility index (Phi) is 3.38. The van der Waals surface area contributed by atoms with E-state index in [1.165, 1.54) is 4.31 Å². The second kappa shape index (κ2) is 5.34. The summed E-state index contributed by atoms with van der Waals surface area (Å²) in [6, 6.07) is 12.5. The van der Waals surface area contributed by atoms with E-state index >= 15 is 0 Å². The first-order valence-corrected chi connectivity index (χ1v) is 9.42. The third-order valence-electron chi connectivity index (χ3n) is 4.60. The molecule has 24 heavy (non-hydrogen) atoms. The molecule has 2 heterocycles. The molecule has 2 aromatic carbocycles. The average Bonchev–Trinajstić information content (AvgIpc) is 2.93. The molecule has 1 atom stereocenters. The molecule has 1 unspecified atom stereocenters. The van der Waals surface area contributed by atoms with Crippen LogP contribution >= 0.6 is 0 Å². The molecule has 0 spiro atoms. The lowest BCUT2D eigenvalue weighted by Gasteiger charge is -2.34. The molecule has 0 saturated heterocycles. The summed E-state index contributed by atoms with van der Waals surface area (Å²) in [7, 11) is -3.65. The first-order chi connectivity index (χ1) is 11.4. The van der Waals surface area contributed by atoms with E-state index in [4.69, 9.17) is 0 Å². The molecule has 4 rings (SSSR count). The number of hydrogen-bond donors (Lipinski definition) is 1. The summed E-state index contributed by atoms with van der Waals surface area (Å²) < 4.78 is 27.9. The summed E-state index contributed by atoms with van der Waals surface area (Å²) in [6.07, 6.45) is 1.11. The van der Waals surface area contributed by atoms with Crippen LogP contribution in [0.2, 0.25) is 0 Å². The van der Waals surface area contributed by atoms with Crippen LogP contribution in [0, 0.1) is 5.92 Å². The fourth-order valence-electron chi connectivity index (χ4n) is 3.47. The van der Waals surface area contributed by atoms with Crippen molar-refractivity contribution in [1.82, 2.24) is 0 Å². The van der Waals surface area contributed by atoms with E-state index in [1.807, 2.05) is 24.3 Å². The Morgan fingerprint density at radius 3 is 2.75 bits per heavy atom. The number of rotatable bonds is 2. The number of anilines is 2. The molecule has 2 aliphatic rings. The van der Waals surface area contributed by atoms with E-state index in [1.54, 1.807) is 18.2 Å². The van der Waals surface area contributed by atoms with E-state index in [2.05, 4.69) is 12.2 Å². The van der Waals surface area contributed by atoms with Gasteiger partial charge in [0.15, 0.2) is 0 Å². The summed E-state index contributed by atoms with van der Waals surface area (Å²) in [4.78, 5) is 11.7. The van der Waals surface area contributed by atoms with Gasteiger partial charge in [-0.2, -0.15) is 0 Å². The first-order valence-electron chi connectivity index (χ1n) is 7.98. The Morgan fingerprint density at radius 2 is 1.92 bits per heavy atom.